The Kier molecular flexibility index (Phi) is 2.76. The fraction of sp³-hybridized carbons (Fsp3) is 0.250. The van der Waals surface area contributed by atoms with Crippen molar-refractivity contribution < 1.29 is 9.13 Å². The highest BCUT2D eigenvalue weighted by atomic mass is 127. The molecule has 0 saturated heterocycles. The van der Waals surface area contributed by atoms with E-state index in [4.69, 9.17) is 10.5 Å². The molecule has 0 aliphatic heterocycles. The summed E-state index contributed by atoms with van der Waals surface area (Å²) in [7, 11) is 1.49. The second kappa shape index (κ2) is 3.47. The van der Waals surface area contributed by atoms with Crippen molar-refractivity contribution in [1.82, 2.24) is 0 Å². The SMILES string of the molecule is COc1cc(N)c(I)c(F)c1C. The number of ether oxygens (including phenoxy) is 1. The minimum atomic E-state index is -0.299. The van der Waals surface area contributed by atoms with E-state index in [9.17, 15) is 4.39 Å². The predicted molar refractivity (Wildman–Crippen MR) is 54.8 cm³/mol. The molecule has 0 saturated carbocycles. The molecule has 0 radical (unpaired) electrons. The highest BCUT2D eigenvalue weighted by Gasteiger charge is 2.11. The summed E-state index contributed by atoms with van der Waals surface area (Å²) < 4.78 is 18.7. The zero-order valence-electron chi connectivity index (χ0n) is 6.82. The first-order valence-electron chi connectivity index (χ1n) is 3.36. The van der Waals surface area contributed by atoms with Gasteiger partial charge in [-0.25, -0.2) is 4.39 Å². The number of nitrogen functional groups attached to an aromatic ring is 1. The largest absolute Gasteiger partial charge is 0.496 e. The van der Waals surface area contributed by atoms with Crippen molar-refractivity contribution in [1.29, 1.82) is 0 Å². The molecule has 12 heavy (non-hydrogen) atoms. The molecule has 0 amide bonds. The molecule has 0 aliphatic rings. The highest BCUT2D eigenvalue weighted by Crippen LogP contribution is 2.29. The Morgan fingerprint density at radius 2 is 2.17 bits per heavy atom. The molecule has 66 valence electrons. The van der Waals surface area contributed by atoms with Gasteiger partial charge in [0.05, 0.1) is 16.4 Å². The third kappa shape index (κ3) is 1.48. The van der Waals surface area contributed by atoms with Crippen molar-refractivity contribution in [2.75, 3.05) is 12.8 Å². The first kappa shape index (κ1) is 9.57. The van der Waals surface area contributed by atoms with Crippen LogP contribution in [-0.4, -0.2) is 7.11 Å². The molecule has 0 fully saturated rings. The topological polar surface area (TPSA) is 35.2 Å². The van der Waals surface area contributed by atoms with Gasteiger partial charge in [0.2, 0.25) is 0 Å². The number of benzene rings is 1. The van der Waals surface area contributed by atoms with E-state index in [1.807, 2.05) is 22.6 Å². The lowest BCUT2D eigenvalue weighted by Gasteiger charge is -2.08. The van der Waals surface area contributed by atoms with E-state index in [0.29, 0.717) is 20.6 Å². The Bertz CT molecular complexity index is 314. The summed E-state index contributed by atoms with van der Waals surface area (Å²) in [4.78, 5) is 0. The third-order valence-corrected chi connectivity index (χ3v) is 2.75. The van der Waals surface area contributed by atoms with Crippen LogP contribution in [0.15, 0.2) is 6.07 Å². The first-order valence-corrected chi connectivity index (χ1v) is 4.44. The molecule has 0 atom stereocenters. The molecule has 2 nitrogen and oxygen atoms in total. The maximum absolute atomic E-state index is 13.3. The molecule has 0 aromatic heterocycles. The van der Waals surface area contributed by atoms with Crippen molar-refractivity contribution >= 4 is 28.3 Å². The Labute approximate surface area is 84.0 Å². The molecule has 1 aromatic carbocycles. The number of methoxy groups -OCH3 is 1. The van der Waals surface area contributed by atoms with E-state index in [0.717, 1.165) is 0 Å². The van der Waals surface area contributed by atoms with Gasteiger partial charge in [-0.1, -0.05) is 0 Å². The normalized spacial score (nSPS) is 10.0. The molecule has 0 heterocycles. The van der Waals surface area contributed by atoms with Crippen molar-refractivity contribution in [3.8, 4) is 5.75 Å². The molecule has 0 unspecified atom stereocenters. The van der Waals surface area contributed by atoms with Gasteiger partial charge in [0, 0.05) is 11.6 Å². The van der Waals surface area contributed by atoms with Crippen LogP contribution >= 0.6 is 22.6 Å². The number of hydrogen-bond acceptors (Lipinski definition) is 2. The van der Waals surface area contributed by atoms with Crippen LogP contribution in [0.1, 0.15) is 5.56 Å². The second-order valence-electron chi connectivity index (χ2n) is 2.42. The highest BCUT2D eigenvalue weighted by molar-refractivity contribution is 14.1. The second-order valence-corrected chi connectivity index (χ2v) is 3.50. The number of nitrogens with two attached hydrogens (primary N) is 1. The molecule has 0 spiro atoms. The molecule has 1 rings (SSSR count). The average molecular weight is 281 g/mol. The zero-order chi connectivity index (χ0) is 9.30. The monoisotopic (exact) mass is 281 g/mol. The summed E-state index contributed by atoms with van der Waals surface area (Å²) in [6, 6.07) is 1.63. The lowest BCUT2D eigenvalue weighted by atomic mass is 10.2. The van der Waals surface area contributed by atoms with Crippen LogP contribution in [0.5, 0.6) is 5.75 Å². The molecule has 0 aliphatic carbocycles. The van der Waals surface area contributed by atoms with E-state index < -0.39 is 0 Å². The Morgan fingerprint density at radius 3 is 2.67 bits per heavy atom. The molecular formula is C8H9FINO. The van der Waals surface area contributed by atoms with Crippen LogP contribution in [0.2, 0.25) is 0 Å². The smallest absolute Gasteiger partial charge is 0.145 e. The fourth-order valence-corrected chi connectivity index (χ4v) is 1.48. The van der Waals surface area contributed by atoms with Gasteiger partial charge in [-0.05, 0) is 29.5 Å². The van der Waals surface area contributed by atoms with Crippen molar-refractivity contribution in [2.45, 2.75) is 6.92 Å². The number of rotatable bonds is 1. The van der Waals surface area contributed by atoms with Gasteiger partial charge in [0.25, 0.3) is 0 Å². The van der Waals surface area contributed by atoms with E-state index in [2.05, 4.69) is 0 Å². The van der Waals surface area contributed by atoms with Crippen LogP contribution in [0.25, 0.3) is 0 Å². The number of hydrogen-bond donors (Lipinski definition) is 1. The Hall–Kier alpha value is -0.520. The quantitative estimate of drug-likeness (QED) is 0.633. The van der Waals surface area contributed by atoms with E-state index >= 15 is 0 Å². The van der Waals surface area contributed by atoms with Gasteiger partial charge < -0.3 is 10.5 Å². The predicted octanol–water partition coefficient (Wildman–Crippen LogP) is 2.33. The summed E-state index contributed by atoms with van der Waals surface area (Å²) in [5.74, 6) is 0.192. The molecule has 1 aromatic rings. The van der Waals surface area contributed by atoms with Crippen LogP contribution in [-0.2, 0) is 0 Å². The van der Waals surface area contributed by atoms with Gasteiger partial charge in [-0.2, -0.15) is 0 Å². The van der Waals surface area contributed by atoms with E-state index in [-0.39, 0.29) is 5.82 Å². The Balaban J connectivity index is 3.39. The average Bonchev–Trinajstić information content (AvgIpc) is 2.08. The summed E-state index contributed by atoms with van der Waals surface area (Å²) in [5.41, 5.74) is 6.45. The first-order chi connectivity index (χ1) is 5.57. The van der Waals surface area contributed by atoms with Gasteiger partial charge in [-0.3, -0.25) is 0 Å². The van der Waals surface area contributed by atoms with Gasteiger partial charge in [0.1, 0.15) is 11.6 Å². The molecular weight excluding hydrogens is 272 g/mol. The number of halogens is 2. The van der Waals surface area contributed by atoms with E-state index in [1.165, 1.54) is 7.11 Å². The van der Waals surface area contributed by atoms with Crippen molar-refractivity contribution in [3.63, 3.8) is 0 Å². The maximum Gasteiger partial charge on any atom is 0.145 e. The summed E-state index contributed by atoms with van der Waals surface area (Å²) >= 11 is 1.87. The third-order valence-electron chi connectivity index (χ3n) is 1.65. The van der Waals surface area contributed by atoms with Crippen molar-refractivity contribution in [2.24, 2.45) is 0 Å². The molecule has 4 heteroatoms. The van der Waals surface area contributed by atoms with Crippen LogP contribution in [0.3, 0.4) is 0 Å². The Morgan fingerprint density at radius 1 is 1.58 bits per heavy atom. The molecule has 0 bridgehead atoms. The van der Waals surface area contributed by atoms with Crippen LogP contribution in [0.4, 0.5) is 10.1 Å². The lowest BCUT2D eigenvalue weighted by molar-refractivity contribution is 0.407. The lowest BCUT2D eigenvalue weighted by Crippen LogP contribution is -1.98. The van der Waals surface area contributed by atoms with Gasteiger partial charge in [0.15, 0.2) is 0 Å². The van der Waals surface area contributed by atoms with Crippen LogP contribution < -0.4 is 10.5 Å². The van der Waals surface area contributed by atoms with E-state index in [1.54, 1.807) is 13.0 Å². The van der Waals surface area contributed by atoms with Crippen LogP contribution in [0, 0.1) is 16.3 Å². The molecule has 2 N–H and O–H groups in total. The number of anilines is 1. The fourth-order valence-electron chi connectivity index (χ4n) is 0.924. The van der Waals surface area contributed by atoms with Gasteiger partial charge >= 0.3 is 0 Å². The minimum Gasteiger partial charge on any atom is -0.496 e. The van der Waals surface area contributed by atoms with Gasteiger partial charge in [-0.15, -0.1) is 0 Å². The standard InChI is InChI=1S/C8H9FINO/c1-4-6(12-2)3-5(11)8(10)7(4)9/h3H,11H2,1-2H3. The maximum atomic E-state index is 13.3. The zero-order valence-corrected chi connectivity index (χ0v) is 8.98. The summed E-state index contributed by atoms with van der Waals surface area (Å²) in [5, 5.41) is 0. The summed E-state index contributed by atoms with van der Waals surface area (Å²) in [6.45, 7) is 1.66. The minimum absolute atomic E-state index is 0.299. The van der Waals surface area contributed by atoms with Crippen molar-refractivity contribution in [3.05, 3.63) is 21.0 Å². The summed E-state index contributed by atoms with van der Waals surface area (Å²) in [6.07, 6.45) is 0.